The predicted octanol–water partition coefficient (Wildman–Crippen LogP) is 1.10. The molecule has 6 heteroatoms. The summed E-state index contributed by atoms with van der Waals surface area (Å²) in [6.07, 6.45) is 3.57. The molecule has 0 saturated carbocycles. The topological polar surface area (TPSA) is 63.7 Å². The normalized spacial score (nSPS) is 25.2. The Morgan fingerprint density at radius 3 is 3.00 bits per heavy atom. The summed E-state index contributed by atoms with van der Waals surface area (Å²) in [5, 5.41) is 2.91. The van der Waals surface area contributed by atoms with Gasteiger partial charge in [0.25, 0.3) is 0 Å². The minimum Gasteiger partial charge on any atom is -0.375 e. The van der Waals surface area contributed by atoms with Gasteiger partial charge in [0, 0.05) is 32.4 Å². The summed E-state index contributed by atoms with van der Waals surface area (Å²) >= 11 is 0. The molecule has 0 spiro atoms. The van der Waals surface area contributed by atoms with Gasteiger partial charge in [-0.25, -0.2) is 4.98 Å². The predicted molar refractivity (Wildman–Crippen MR) is 82.7 cm³/mol. The highest BCUT2D eigenvalue weighted by Crippen LogP contribution is 2.16. The Labute approximate surface area is 130 Å². The van der Waals surface area contributed by atoms with Crippen LogP contribution in [-0.4, -0.2) is 49.4 Å². The average molecular weight is 305 g/mol. The van der Waals surface area contributed by atoms with Gasteiger partial charge in [0.05, 0.1) is 12.7 Å². The Morgan fingerprint density at radius 2 is 2.32 bits per heavy atom. The van der Waals surface area contributed by atoms with Gasteiger partial charge >= 0.3 is 0 Å². The van der Waals surface area contributed by atoms with Gasteiger partial charge in [-0.05, 0) is 31.4 Å². The van der Waals surface area contributed by atoms with E-state index in [-0.39, 0.29) is 18.1 Å². The lowest BCUT2D eigenvalue weighted by atomic mass is 10.2. The molecule has 2 saturated heterocycles. The number of aromatic nitrogens is 1. The molecule has 0 unspecified atom stereocenters. The van der Waals surface area contributed by atoms with E-state index in [9.17, 15) is 4.79 Å². The van der Waals surface area contributed by atoms with Crippen LogP contribution in [0.2, 0.25) is 0 Å². The molecule has 120 valence electrons. The quantitative estimate of drug-likeness (QED) is 0.902. The minimum atomic E-state index is -0.276. The lowest BCUT2D eigenvalue weighted by molar-refractivity contribution is -0.130. The number of ether oxygens (including phenoxy) is 2. The summed E-state index contributed by atoms with van der Waals surface area (Å²) in [5.41, 5.74) is 0.997. The van der Waals surface area contributed by atoms with Gasteiger partial charge in [-0.3, -0.25) is 4.79 Å². The largest absolute Gasteiger partial charge is 0.375 e. The first-order chi connectivity index (χ1) is 10.7. The van der Waals surface area contributed by atoms with Crippen molar-refractivity contribution in [2.75, 3.05) is 31.2 Å². The number of anilines is 1. The fraction of sp³-hybridized carbons (Fsp3) is 0.625. The minimum absolute atomic E-state index is 0.0245. The zero-order valence-electron chi connectivity index (χ0n) is 13.0. The van der Waals surface area contributed by atoms with E-state index in [2.05, 4.69) is 22.1 Å². The Bertz CT molecular complexity index is 500. The van der Waals surface area contributed by atoms with Gasteiger partial charge in [-0.15, -0.1) is 0 Å². The first kappa shape index (κ1) is 15.2. The van der Waals surface area contributed by atoms with Crippen LogP contribution in [0.25, 0.3) is 0 Å². The molecule has 1 aromatic rings. The van der Waals surface area contributed by atoms with Crippen LogP contribution in [-0.2, 0) is 20.8 Å². The number of nitrogens with one attached hydrogen (secondary N) is 1. The standard InChI is InChI=1S/C16H23N3O3/c1-12-11-19(6-8-21-12)15-5-4-13(9-17-15)10-18-16(20)14-3-2-7-22-14/h4-5,9,12,14H,2-3,6-8,10-11H2,1H3,(H,18,20)/t12-,14+/m0/s1. The molecule has 0 bridgehead atoms. The van der Waals surface area contributed by atoms with E-state index < -0.39 is 0 Å². The van der Waals surface area contributed by atoms with Gasteiger partial charge in [0.2, 0.25) is 5.91 Å². The molecule has 2 fully saturated rings. The summed E-state index contributed by atoms with van der Waals surface area (Å²) in [7, 11) is 0. The highest BCUT2D eigenvalue weighted by Gasteiger charge is 2.23. The Balaban J connectivity index is 1.51. The zero-order chi connectivity index (χ0) is 15.4. The molecule has 1 N–H and O–H groups in total. The Hall–Kier alpha value is -1.66. The van der Waals surface area contributed by atoms with Crippen molar-refractivity contribution in [3.8, 4) is 0 Å². The molecule has 1 amide bonds. The lowest BCUT2D eigenvalue weighted by Gasteiger charge is -2.32. The van der Waals surface area contributed by atoms with Crippen molar-refractivity contribution >= 4 is 11.7 Å². The molecule has 2 aliphatic rings. The maximum atomic E-state index is 11.9. The van der Waals surface area contributed by atoms with Crippen LogP contribution < -0.4 is 10.2 Å². The number of nitrogens with zero attached hydrogens (tertiary/aromatic N) is 2. The third-order valence-corrected chi connectivity index (χ3v) is 4.06. The van der Waals surface area contributed by atoms with Crippen molar-refractivity contribution < 1.29 is 14.3 Å². The number of hydrogen-bond acceptors (Lipinski definition) is 5. The summed E-state index contributed by atoms with van der Waals surface area (Å²) < 4.78 is 10.9. The van der Waals surface area contributed by atoms with E-state index in [1.807, 2.05) is 18.3 Å². The molecule has 0 aromatic carbocycles. The molecule has 3 heterocycles. The van der Waals surface area contributed by atoms with Gasteiger partial charge in [0.15, 0.2) is 0 Å². The maximum Gasteiger partial charge on any atom is 0.249 e. The number of carbonyl (C=O) groups excluding carboxylic acids is 1. The summed E-state index contributed by atoms with van der Waals surface area (Å²) in [4.78, 5) is 18.6. The second-order valence-corrected chi connectivity index (χ2v) is 5.87. The summed E-state index contributed by atoms with van der Waals surface area (Å²) in [5.74, 6) is 0.938. The zero-order valence-corrected chi connectivity index (χ0v) is 13.0. The van der Waals surface area contributed by atoms with E-state index in [1.54, 1.807) is 0 Å². The summed E-state index contributed by atoms with van der Waals surface area (Å²) in [6, 6.07) is 4.02. The lowest BCUT2D eigenvalue weighted by Crippen LogP contribution is -2.41. The number of carbonyl (C=O) groups is 1. The molecule has 6 nitrogen and oxygen atoms in total. The number of morpholine rings is 1. The van der Waals surface area contributed by atoms with Gasteiger partial charge in [0.1, 0.15) is 11.9 Å². The smallest absolute Gasteiger partial charge is 0.249 e. The van der Waals surface area contributed by atoms with E-state index in [1.165, 1.54) is 0 Å². The Morgan fingerprint density at radius 1 is 1.41 bits per heavy atom. The highest BCUT2D eigenvalue weighted by atomic mass is 16.5. The van der Waals surface area contributed by atoms with Crippen LogP contribution in [0.4, 0.5) is 5.82 Å². The fourth-order valence-electron chi connectivity index (χ4n) is 2.82. The molecule has 0 aliphatic carbocycles. The van der Waals surface area contributed by atoms with Crippen molar-refractivity contribution in [3.63, 3.8) is 0 Å². The first-order valence-electron chi connectivity index (χ1n) is 7.93. The number of rotatable bonds is 4. The molecular weight excluding hydrogens is 282 g/mol. The van der Waals surface area contributed by atoms with Crippen molar-refractivity contribution in [3.05, 3.63) is 23.9 Å². The maximum absolute atomic E-state index is 11.9. The van der Waals surface area contributed by atoms with E-state index in [4.69, 9.17) is 9.47 Å². The van der Waals surface area contributed by atoms with Crippen LogP contribution in [0.5, 0.6) is 0 Å². The van der Waals surface area contributed by atoms with Gasteiger partial charge in [-0.1, -0.05) is 6.07 Å². The third-order valence-electron chi connectivity index (χ3n) is 4.06. The molecule has 3 rings (SSSR count). The highest BCUT2D eigenvalue weighted by molar-refractivity contribution is 5.80. The molecule has 1 aromatic heterocycles. The molecular formula is C16H23N3O3. The third kappa shape index (κ3) is 3.75. The second-order valence-electron chi connectivity index (χ2n) is 5.87. The van der Waals surface area contributed by atoms with Crippen LogP contribution >= 0.6 is 0 Å². The second kappa shape index (κ2) is 7.07. The Kier molecular flexibility index (Phi) is 4.90. The van der Waals surface area contributed by atoms with Crippen LogP contribution in [0.3, 0.4) is 0 Å². The number of amides is 1. The van der Waals surface area contributed by atoms with E-state index in [0.29, 0.717) is 13.2 Å². The number of pyridine rings is 1. The number of hydrogen-bond donors (Lipinski definition) is 1. The molecule has 0 radical (unpaired) electrons. The van der Waals surface area contributed by atoms with Gasteiger partial charge < -0.3 is 19.7 Å². The van der Waals surface area contributed by atoms with Crippen molar-refractivity contribution in [1.82, 2.24) is 10.3 Å². The van der Waals surface area contributed by atoms with Crippen molar-refractivity contribution in [2.45, 2.75) is 38.5 Å². The fourth-order valence-corrected chi connectivity index (χ4v) is 2.82. The van der Waals surface area contributed by atoms with Crippen LogP contribution in [0, 0.1) is 0 Å². The molecule has 2 atom stereocenters. The van der Waals surface area contributed by atoms with Crippen molar-refractivity contribution in [1.29, 1.82) is 0 Å². The van der Waals surface area contributed by atoms with Crippen molar-refractivity contribution in [2.24, 2.45) is 0 Å². The van der Waals surface area contributed by atoms with Crippen LogP contribution in [0.15, 0.2) is 18.3 Å². The molecule has 2 aliphatic heterocycles. The summed E-state index contributed by atoms with van der Waals surface area (Å²) in [6.45, 7) is 5.72. The molecule has 22 heavy (non-hydrogen) atoms. The monoisotopic (exact) mass is 305 g/mol. The first-order valence-corrected chi connectivity index (χ1v) is 7.93. The van der Waals surface area contributed by atoms with Crippen LogP contribution in [0.1, 0.15) is 25.3 Å². The van der Waals surface area contributed by atoms with Gasteiger partial charge in [-0.2, -0.15) is 0 Å². The SMILES string of the molecule is C[C@H]1CN(c2ccc(CNC(=O)[C@H]3CCCO3)cn2)CCO1. The van der Waals surface area contributed by atoms with E-state index >= 15 is 0 Å². The average Bonchev–Trinajstić information content (AvgIpc) is 3.08. The van der Waals surface area contributed by atoms with E-state index in [0.717, 1.165) is 43.9 Å².